The van der Waals surface area contributed by atoms with Crippen molar-refractivity contribution in [3.05, 3.63) is 53.5 Å². The smallest absolute Gasteiger partial charge is 0.353 e. The Morgan fingerprint density at radius 3 is 2.42 bits per heavy atom. The van der Waals surface area contributed by atoms with E-state index in [1.807, 2.05) is 15.9 Å². The van der Waals surface area contributed by atoms with Gasteiger partial charge in [-0.1, -0.05) is 0 Å². The zero-order valence-corrected chi connectivity index (χ0v) is 12.8. The highest BCUT2D eigenvalue weighted by atomic mass is 19.4. The summed E-state index contributed by atoms with van der Waals surface area (Å²) in [7, 11) is 0. The van der Waals surface area contributed by atoms with Gasteiger partial charge in [0.2, 0.25) is 0 Å². The Bertz CT molecular complexity index is 682. The third-order valence-electron chi connectivity index (χ3n) is 4.02. The Morgan fingerprint density at radius 1 is 1.04 bits per heavy atom. The standard InChI is InChI=1S/C16H16F4N4/c17-13-3-4-14(16(18,19)20)12(10-13)11-23-6-8-24(9-7-23)15-2-1-5-21-22-15/h1-5,10H,6-9,11H2. The number of anilines is 1. The Balaban J connectivity index is 1.67. The fourth-order valence-electron chi connectivity index (χ4n) is 2.81. The second-order valence-corrected chi connectivity index (χ2v) is 5.64. The van der Waals surface area contributed by atoms with Crippen LogP contribution in [0.2, 0.25) is 0 Å². The van der Waals surface area contributed by atoms with Crippen molar-refractivity contribution < 1.29 is 17.6 Å². The summed E-state index contributed by atoms with van der Waals surface area (Å²) in [6.07, 6.45) is -2.90. The maximum absolute atomic E-state index is 13.4. The molecule has 1 aliphatic rings. The van der Waals surface area contributed by atoms with E-state index in [0.29, 0.717) is 26.2 Å². The molecule has 1 saturated heterocycles. The van der Waals surface area contributed by atoms with E-state index < -0.39 is 17.6 Å². The Morgan fingerprint density at radius 2 is 1.79 bits per heavy atom. The summed E-state index contributed by atoms with van der Waals surface area (Å²) in [5, 5.41) is 7.85. The molecule has 0 N–H and O–H groups in total. The van der Waals surface area contributed by atoms with E-state index in [9.17, 15) is 17.6 Å². The third-order valence-corrected chi connectivity index (χ3v) is 4.02. The van der Waals surface area contributed by atoms with Crippen LogP contribution in [0.1, 0.15) is 11.1 Å². The molecule has 0 aliphatic carbocycles. The molecule has 0 spiro atoms. The fraction of sp³-hybridized carbons (Fsp3) is 0.375. The summed E-state index contributed by atoms with van der Waals surface area (Å²) in [4.78, 5) is 3.91. The van der Waals surface area contributed by atoms with Gasteiger partial charge in [0.05, 0.1) is 5.56 Å². The van der Waals surface area contributed by atoms with E-state index in [-0.39, 0.29) is 12.1 Å². The van der Waals surface area contributed by atoms with Crippen molar-refractivity contribution in [2.75, 3.05) is 31.1 Å². The Kier molecular flexibility index (Phi) is 4.66. The van der Waals surface area contributed by atoms with E-state index in [1.165, 1.54) is 0 Å². The summed E-state index contributed by atoms with van der Waals surface area (Å²) >= 11 is 0. The molecule has 8 heteroatoms. The summed E-state index contributed by atoms with van der Waals surface area (Å²) in [6.45, 7) is 2.49. The first-order valence-electron chi connectivity index (χ1n) is 7.54. The second-order valence-electron chi connectivity index (χ2n) is 5.64. The average molecular weight is 340 g/mol. The molecule has 0 radical (unpaired) electrons. The largest absolute Gasteiger partial charge is 0.416 e. The highest BCUT2D eigenvalue weighted by Crippen LogP contribution is 2.33. The van der Waals surface area contributed by atoms with Crippen LogP contribution in [0, 0.1) is 5.82 Å². The van der Waals surface area contributed by atoms with Gasteiger partial charge in [0, 0.05) is 38.9 Å². The van der Waals surface area contributed by atoms with E-state index in [4.69, 9.17) is 0 Å². The van der Waals surface area contributed by atoms with Gasteiger partial charge in [-0.3, -0.25) is 4.90 Å². The zero-order valence-electron chi connectivity index (χ0n) is 12.8. The van der Waals surface area contributed by atoms with Crippen LogP contribution in [0.5, 0.6) is 0 Å². The number of rotatable bonds is 3. The topological polar surface area (TPSA) is 32.3 Å². The number of hydrogen-bond donors (Lipinski definition) is 0. The first kappa shape index (κ1) is 16.6. The molecule has 0 bridgehead atoms. The highest BCUT2D eigenvalue weighted by Gasteiger charge is 2.34. The number of benzene rings is 1. The molecule has 0 saturated carbocycles. The molecule has 1 aliphatic heterocycles. The molecular formula is C16H16F4N4. The molecule has 1 aromatic heterocycles. The van der Waals surface area contributed by atoms with Gasteiger partial charge in [-0.25, -0.2) is 4.39 Å². The average Bonchev–Trinajstić information content (AvgIpc) is 2.55. The van der Waals surface area contributed by atoms with Gasteiger partial charge < -0.3 is 4.90 Å². The van der Waals surface area contributed by atoms with Gasteiger partial charge in [0.25, 0.3) is 0 Å². The number of halogens is 4. The van der Waals surface area contributed by atoms with E-state index in [2.05, 4.69) is 10.2 Å². The van der Waals surface area contributed by atoms with Gasteiger partial charge in [0.15, 0.2) is 5.82 Å². The fourth-order valence-corrected chi connectivity index (χ4v) is 2.81. The minimum atomic E-state index is -4.48. The van der Waals surface area contributed by atoms with Crippen LogP contribution in [0.15, 0.2) is 36.5 Å². The van der Waals surface area contributed by atoms with Crippen molar-refractivity contribution in [3.63, 3.8) is 0 Å². The minimum absolute atomic E-state index is 0.0320. The lowest BCUT2D eigenvalue weighted by Gasteiger charge is -2.35. The molecule has 0 unspecified atom stereocenters. The van der Waals surface area contributed by atoms with Crippen molar-refractivity contribution in [3.8, 4) is 0 Å². The van der Waals surface area contributed by atoms with Crippen molar-refractivity contribution in [1.29, 1.82) is 0 Å². The van der Waals surface area contributed by atoms with Gasteiger partial charge in [-0.2, -0.15) is 18.3 Å². The van der Waals surface area contributed by atoms with Crippen molar-refractivity contribution in [2.45, 2.75) is 12.7 Å². The third kappa shape index (κ3) is 3.81. The van der Waals surface area contributed by atoms with E-state index in [1.54, 1.807) is 12.3 Å². The minimum Gasteiger partial charge on any atom is -0.353 e. The normalized spacial score (nSPS) is 16.4. The zero-order chi connectivity index (χ0) is 17.2. The Labute approximate surface area is 136 Å². The van der Waals surface area contributed by atoms with Crippen LogP contribution >= 0.6 is 0 Å². The summed E-state index contributed by atoms with van der Waals surface area (Å²) in [5.41, 5.74) is -0.810. The Hall–Kier alpha value is -2.22. The van der Waals surface area contributed by atoms with Crippen molar-refractivity contribution >= 4 is 5.82 Å². The summed E-state index contributed by atoms with van der Waals surface area (Å²) in [5.74, 6) is 0.0927. The van der Waals surface area contributed by atoms with Crippen molar-refractivity contribution in [1.82, 2.24) is 15.1 Å². The van der Waals surface area contributed by atoms with Crippen LogP contribution in [0.25, 0.3) is 0 Å². The lowest BCUT2D eigenvalue weighted by Crippen LogP contribution is -2.46. The molecule has 4 nitrogen and oxygen atoms in total. The van der Waals surface area contributed by atoms with Crippen LogP contribution in [-0.2, 0) is 12.7 Å². The molecule has 1 aromatic carbocycles. The van der Waals surface area contributed by atoms with Gasteiger partial charge in [-0.15, -0.1) is 5.10 Å². The molecule has 1 fully saturated rings. The van der Waals surface area contributed by atoms with Crippen LogP contribution in [0.4, 0.5) is 23.4 Å². The summed E-state index contributed by atoms with van der Waals surface area (Å²) < 4.78 is 52.5. The molecule has 128 valence electrons. The van der Waals surface area contributed by atoms with Crippen LogP contribution < -0.4 is 4.90 Å². The van der Waals surface area contributed by atoms with E-state index >= 15 is 0 Å². The van der Waals surface area contributed by atoms with Crippen LogP contribution in [-0.4, -0.2) is 41.3 Å². The number of hydrogen-bond acceptors (Lipinski definition) is 4. The maximum atomic E-state index is 13.4. The van der Waals surface area contributed by atoms with Gasteiger partial charge >= 0.3 is 6.18 Å². The second kappa shape index (κ2) is 6.72. The molecule has 0 amide bonds. The molecular weight excluding hydrogens is 324 g/mol. The molecule has 2 aromatic rings. The van der Waals surface area contributed by atoms with Crippen LogP contribution in [0.3, 0.4) is 0 Å². The number of alkyl halides is 3. The predicted octanol–water partition coefficient (Wildman–Crippen LogP) is 2.96. The first-order valence-corrected chi connectivity index (χ1v) is 7.54. The molecule has 3 rings (SSSR count). The summed E-state index contributed by atoms with van der Waals surface area (Å²) in [6, 6.07) is 6.25. The first-order chi connectivity index (χ1) is 11.4. The monoisotopic (exact) mass is 340 g/mol. The van der Waals surface area contributed by atoms with Crippen molar-refractivity contribution in [2.24, 2.45) is 0 Å². The van der Waals surface area contributed by atoms with Gasteiger partial charge in [0.1, 0.15) is 5.82 Å². The SMILES string of the molecule is Fc1ccc(C(F)(F)F)c(CN2CCN(c3cccnn3)CC2)c1. The molecule has 0 atom stereocenters. The number of piperazine rings is 1. The predicted molar refractivity (Wildman–Crippen MR) is 80.9 cm³/mol. The molecule has 2 heterocycles. The number of nitrogens with zero attached hydrogens (tertiary/aromatic N) is 4. The lowest BCUT2D eigenvalue weighted by atomic mass is 10.1. The molecule has 24 heavy (non-hydrogen) atoms. The van der Waals surface area contributed by atoms with Gasteiger partial charge in [-0.05, 0) is 35.9 Å². The van der Waals surface area contributed by atoms with E-state index in [0.717, 1.165) is 24.0 Å². The highest BCUT2D eigenvalue weighted by molar-refractivity contribution is 5.37. The lowest BCUT2D eigenvalue weighted by molar-refractivity contribution is -0.138. The maximum Gasteiger partial charge on any atom is 0.416 e. The quantitative estimate of drug-likeness (QED) is 0.804. The number of aromatic nitrogens is 2.